The van der Waals surface area contributed by atoms with Crippen LogP contribution in [0.1, 0.15) is 18.2 Å². The zero-order chi connectivity index (χ0) is 21.3. The molecule has 2 aromatic heterocycles. The van der Waals surface area contributed by atoms with E-state index in [0.29, 0.717) is 16.5 Å². The van der Waals surface area contributed by atoms with Crippen LogP contribution in [0.3, 0.4) is 0 Å². The summed E-state index contributed by atoms with van der Waals surface area (Å²) < 4.78 is 29.4. The Morgan fingerprint density at radius 3 is 2.47 bits per heavy atom. The molecule has 0 bridgehead atoms. The molecule has 0 saturated carbocycles. The van der Waals surface area contributed by atoms with Gasteiger partial charge in [0, 0.05) is 26.9 Å². The van der Waals surface area contributed by atoms with Crippen LogP contribution in [0, 0.1) is 6.92 Å². The molecule has 0 radical (unpaired) electrons. The second kappa shape index (κ2) is 8.25. The molecule has 0 spiro atoms. The van der Waals surface area contributed by atoms with Gasteiger partial charge in [-0.25, -0.2) is 13.4 Å². The molecular formula is C20H18ClN5O2S2. The van der Waals surface area contributed by atoms with Gasteiger partial charge in [-0.15, -0.1) is 0 Å². The average Bonchev–Trinajstić information content (AvgIpc) is 3.18. The molecule has 0 saturated heterocycles. The maximum atomic E-state index is 12.5. The molecule has 4 rings (SSSR count). The third-order valence-electron chi connectivity index (χ3n) is 4.48. The summed E-state index contributed by atoms with van der Waals surface area (Å²) in [5.41, 5.74) is 2.50. The monoisotopic (exact) mass is 459 g/mol. The topological polar surface area (TPSA) is 89.2 Å². The average molecular weight is 460 g/mol. The Kier molecular flexibility index (Phi) is 5.68. The number of anilines is 1. The lowest BCUT2D eigenvalue weighted by atomic mass is 10.2. The SMILES string of the molecule is CCc1c(C)nc2ncnn2c1Sc1ccc(NS(=O)(=O)c2ccc(Cl)cc2)cc1. The Morgan fingerprint density at radius 1 is 1.10 bits per heavy atom. The van der Waals surface area contributed by atoms with Crippen molar-refractivity contribution in [2.75, 3.05) is 4.72 Å². The zero-order valence-electron chi connectivity index (χ0n) is 16.2. The summed E-state index contributed by atoms with van der Waals surface area (Å²) in [6.45, 7) is 4.04. The van der Waals surface area contributed by atoms with Crippen molar-refractivity contribution in [3.8, 4) is 0 Å². The van der Waals surface area contributed by atoms with Gasteiger partial charge in [-0.1, -0.05) is 30.3 Å². The lowest BCUT2D eigenvalue weighted by Crippen LogP contribution is -2.12. The minimum absolute atomic E-state index is 0.152. The van der Waals surface area contributed by atoms with Crippen LogP contribution in [0.25, 0.3) is 5.78 Å². The minimum Gasteiger partial charge on any atom is -0.280 e. The van der Waals surface area contributed by atoms with Crippen LogP contribution in [0.4, 0.5) is 5.69 Å². The fourth-order valence-electron chi connectivity index (χ4n) is 3.00. The summed E-state index contributed by atoms with van der Waals surface area (Å²) in [6, 6.07) is 13.2. The number of fused-ring (bicyclic) bond motifs is 1. The molecule has 4 aromatic rings. The van der Waals surface area contributed by atoms with E-state index in [2.05, 4.69) is 26.7 Å². The Morgan fingerprint density at radius 2 is 1.80 bits per heavy atom. The molecule has 0 amide bonds. The van der Waals surface area contributed by atoms with Crippen LogP contribution in [0.5, 0.6) is 0 Å². The fraction of sp³-hybridized carbons (Fsp3) is 0.150. The van der Waals surface area contributed by atoms with Crippen molar-refractivity contribution in [3.63, 3.8) is 0 Å². The zero-order valence-corrected chi connectivity index (χ0v) is 18.6. The number of benzene rings is 2. The number of hydrogen-bond acceptors (Lipinski definition) is 6. The van der Waals surface area contributed by atoms with Gasteiger partial charge in [-0.3, -0.25) is 4.72 Å². The molecule has 0 aliphatic carbocycles. The molecule has 0 unspecified atom stereocenters. The Bertz CT molecular complexity index is 1300. The highest BCUT2D eigenvalue weighted by Crippen LogP contribution is 2.32. The molecule has 1 N–H and O–H groups in total. The van der Waals surface area contributed by atoms with Crippen LogP contribution in [-0.2, 0) is 16.4 Å². The van der Waals surface area contributed by atoms with Crippen LogP contribution in [0.2, 0.25) is 5.02 Å². The molecule has 30 heavy (non-hydrogen) atoms. The van der Waals surface area contributed by atoms with Crippen LogP contribution < -0.4 is 4.72 Å². The van der Waals surface area contributed by atoms with Crippen molar-refractivity contribution in [1.29, 1.82) is 0 Å². The number of aromatic nitrogens is 4. The largest absolute Gasteiger partial charge is 0.280 e. The Labute approximate surface area is 183 Å². The number of nitrogens with one attached hydrogen (secondary N) is 1. The van der Waals surface area contributed by atoms with E-state index in [-0.39, 0.29) is 4.90 Å². The predicted molar refractivity (Wildman–Crippen MR) is 118 cm³/mol. The van der Waals surface area contributed by atoms with Crippen molar-refractivity contribution in [2.45, 2.75) is 35.1 Å². The maximum absolute atomic E-state index is 12.5. The Hall–Kier alpha value is -2.62. The van der Waals surface area contributed by atoms with E-state index in [4.69, 9.17) is 11.6 Å². The molecule has 2 heterocycles. The third kappa shape index (κ3) is 4.14. The van der Waals surface area contributed by atoms with Crippen molar-refractivity contribution in [1.82, 2.24) is 19.6 Å². The highest BCUT2D eigenvalue weighted by Gasteiger charge is 2.16. The normalized spacial score (nSPS) is 11.7. The first-order valence-electron chi connectivity index (χ1n) is 9.13. The van der Waals surface area contributed by atoms with Gasteiger partial charge >= 0.3 is 0 Å². The molecule has 0 aliphatic rings. The minimum atomic E-state index is -3.69. The first-order valence-corrected chi connectivity index (χ1v) is 11.8. The van der Waals surface area contributed by atoms with Crippen LogP contribution >= 0.6 is 23.4 Å². The molecule has 0 aliphatic heterocycles. The summed E-state index contributed by atoms with van der Waals surface area (Å²) in [5, 5.41) is 5.72. The number of halogens is 1. The number of nitrogens with zero attached hydrogens (tertiary/aromatic N) is 4. The van der Waals surface area contributed by atoms with E-state index < -0.39 is 10.0 Å². The van der Waals surface area contributed by atoms with Gasteiger partial charge in [-0.2, -0.15) is 14.6 Å². The lowest BCUT2D eigenvalue weighted by molar-refractivity contribution is 0.601. The maximum Gasteiger partial charge on any atom is 0.261 e. The van der Waals surface area contributed by atoms with E-state index in [1.165, 1.54) is 18.5 Å². The van der Waals surface area contributed by atoms with Crippen LogP contribution in [0.15, 0.2) is 69.7 Å². The first-order chi connectivity index (χ1) is 14.4. The van der Waals surface area contributed by atoms with Gasteiger partial charge in [-0.05, 0) is 61.9 Å². The molecule has 0 fully saturated rings. The summed E-state index contributed by atoms with van der Waals surface area (Å²) in [7, 11) is -3.69. The summed E-state index contributed by atoms with van der Waals surface area (Å²) >= 11 is 7.38. The van der Waals surface area contributed by atoms with E-state index in [1.807, 2.05) is 19.1 Å². The third-order valence-corrected chi connectivity index (χ3v) is 7.25. The van der Waals surface area contributed by atoms with Gasteiger partial charge in [0.1, 0.15) is 11.4 Å². The second-order valence-corrected chi connectivity index (χ2v) is 9.67. The fourth-order valence-corrected chi connectivity index (χ4v) is 5.31. The molecular weight excluding hydrogens is 442 g/mol. The van der Waals surface area contributed by atoms with E-state index in [1.54, 1.807) is 40.5 Å². The molecule has 154 valence electrons. The first kappa shape index (κ1) is 20.6. The highest BCUT2D eigenvalue weighted by molar-refractivity contribution is 7.99. The molecule has 0 atom stereocenters. The molecule has 7 nitrogen and oxygen atoms in total. The van der Waals surface area contributed by atoms with Crippen LogP contribution in [-0.4, -0.2) is 28.0 Å². The van der Waals surface area contributed by atoms with Crippen molar-refractivity contribution in [2.24, 2.45) is 0 Å². The van der Waals surface area contributed by atoms with Gasteiger partial charge in [0.2, 0.25) is 0 Å². The standard InChI is InChI=1S/C20H18ClN5O2S2/c1-3-18-13(2)24-20-22-12-23-26(20)19(18)29-16-8-6-15(7-9-16)25-30(27,28)17-10-4-14(21)5-11-17/h4-12,25H,3H2,1-2H3. The highest BCUT2D eigenvalue weighted by atomic mass is 35.5. The number of rotatable bonds is 6. The van der Waals surface area contributed by atoms with Crippen molar-refractivity contribution >= 4 is 44.9 Å². The summed E-state index contributed by atoms with van der Waals surface area (Å²) in [6.07, 6.45) is 2.30. The number of sulfonamides is 1. The van der Waals surface area contributed by atoms with Gasteiger partial charge in [0.05, 0.1) is 4.90 Å². The lowest BCUT2D eigenvalue weighted by Gasteiger charge is -2.12. The van der Waals surface area contributed by atoms with E-state index >= 15 is 0 Å². The Balaban J connectivity index is 1.58. The summed E-state index contributed by atoms with van der Waals surface area (Å²) in [5.74, 6) is 0.555. The van der Waals surface area contributed by atoms with E-state index in [9.17, 15) is 8.42 Å². The quantitative estimate of drug-likeness (QED) is 0.424. The predicted octanol–water partition coefficient (Wildman–Crippen LogP) is 4.60. The smallest absolute Gasteiger partial charge is 0.261 e. The van der Waals surface area contributed by atoms with Gasteiger partial charge in [0.25, 0.3) is 15.8 Å². The van der Waals surface area contributed by atoms with Crippen molar-refractivity contribution in [3.05, 3.63) is 71.1 Å². The van der Waals surface area contributed by atoms with E-state index in [0.717, 1.165) is 27.6 Å². The van der Waals surface area contributed by atoms with Gasteiger partial charge in [0.15, 0.2) is 0 Å². The molecule has 2 aromatic carbocycles. The number of hydrogen-bond donors (Lipinski definition) is 1. The number of aryl methyl sites for hydroxylation is 1. The van der Waals surface area contributed by atoms with Crippen molar-refractivity contribution < 1.29 is 8.42 Å². The van der Waals surface area contributed by atoms with Gasteiger partial charge < -0.3 is 0 Å². The summed E-state index contributed by atoms with van der Waals surface area (Å²) in [4.78, 5) is 9.77. The molecule has 10 heteroatoms. The second-order valence-electron chi connectivity index (χ2n) is 6.49.